The van der Waals surface area contributed by atoms with Gasteiger partial charge in [0.05, 0.1) is 11.3 Å². The van der Waals surface area contributed by atoms with Gasteiger partial charge in [-0.25, -0.2) is 4.98 Å². The summed E-state index contributed by atoms with van der Waals surface area (Å²) in [4.78, 5) is 29.4. The maximum atomic E-state index is 12.9. The van der Waals surface area contributed by atoms with Crippen molar-refractivity contribution in [1.29, 1.82) is 0 Å². The largest absolute Gasteiger partial charge is 0.366 e. The van der Waals surface area contributed by atoms with Crippen LogP contribution in [0.1, 0.15) is 54.7 Å². The van der Waals surface area contributed by atoms with Gasteiger partial charge in [-0.15, -0.1) is 0 Å². The minimum atomic E-state index is -0.535. The van der Waals surface area contributed by atoms with Crippen LogP contribution >= 0.6 is 11.8 Å². The molecule has 0 atom stereocenters. The smallest absolute Gasteiger partial charge is 0.251 e. The van der Waals surface area contributed by atoms with E-state index in [1.54, 1.807) is 0 Å². The van der Waals surface area contributed by atoms with Crippen LogP contribution in [0.4, 0.5) is 0 Å². The molecule has 2 N–H and O–H groups in total. The highest BCUT2D eigenvalue weighted by molar-refractivity contribution is 8.00. The van der Waals surface area contributed by atoms with Gasteiger partial charge in [0.25, 0.3) is 5.91 Å². The lowest BCUT2D eigenvalue weighted by molar-refractivity contribution is 0.0992. The van der Waals surface area contributed by atoms with Crippen LogP contribution in [0.15, 0.2) is 21.7 Å². The lowest BCUT2D eigenvalue weighted by Gasteiger charge is -2.13. The molecule has 0 saturated carbocycles. The van der Waals surface area contributed by atoms with Gasteiger partial charge in [-0.3, -0.25) is 14.2 Å². The lowest BCUT2D eigenvalue weighted by atomic mass is 10.0. The van der Waals surface area contributed by atoms with E-state index in [0.29, 0.717) is 27.7 Å². The molecule has 3 aromatic rings. The molecule has 152 valence electrons. The number of carbonyl (C=O) groups excluding carboxylic acids is 2. The summed E-state index contributed by atoms with van der Waals surface area (Å²) in [6.07, 6.45) is 0. The first kappa shape index (κ1) is 20.9. The molecule has 0 aromatic carbocycles. The first-order valence-electron chi connectivity index (χ1n) is 9.18. The van der Waals surface area contributed by atoms with Crippen molar-refractivity contribution in [1.82, 2.24) is 14.7 Å². The van der Waals surface area contributed by atoms with Crippen molar-refractivity contribution < 1.29 is 14.1 Å². The van der Waals surface area contributed by atoms with Crippen LogP contribution in [0.5, 0.6) is 0 Å². The van der Waals surface area contributed by atoms with Crippen molar-refractivity contribution in [2.45, 2.75) is 46.6 Å². The average molecular weight is 413 g/mol. The maximum Gasteiger partial charge on any atom is 0.251 e. The Labute approximate surface area is 173 Å². The van der Waals surface area contributed by atoms with E-state index in [1.165, 1.54) is 11.8 Å². The zero-order valence-electron chi connectivity index (χ0n) is 17.4. The molecule has 8 heteroatoms. The molecule has 0 unspecified atom stereocenters. The van der Waals surface area contributed by atoms with Crippen molar-refractivity contribution in [2.24, 2.45) is 5.73 Å². The molecule has 0 spiro atoms. The molecule has 0 fully saturated rings. The summed E-state index contributed by atoms with van der Waals surface area (Å²) in [5.41, 5.74) is 10.8. The van der Waals surface area contributed by atoms with Gasteiger partial charge in [0.1, 0.15) is 10.8 Å². The van der Waals surface area contributed by atoms with Gasteiger partial charge >= 0.3 is 0 Å². The van der Waals surface area contributed by atoms with Crippen molar-refractivity contribution in [3.63, 3.8) is 0 Å². The highest BCUT2D eigenvalue weighted by Gasteiger charge is 2.21. The van der Waals surface area contributed by atoms with E-state index in [4.69, 9.17) is 10.3 Å². The third-order valence-corrected chi connectivity index (χ3v) is 6.10. The SMILES string of the molecule is Cc1cc(-n2c(C)cc(C(=O)CSc3nc(C)c(C)c(C)c3C(N)=O)c2C)no1. The number of primary amides is 1. The second-order valence-electron chi connectivity index (χ2n) is 7.12. The van der Waals surface area contributed by atoms with Crippen LogP contribution in [0, 0.1) is 41.5 Å². The zero-order chi connectivity index (χ0) is 21.5. The van der Waals surface area contributed by atoms with Crippen LogP contribution in [0.3, 0.4) is 0 Å². The fourth-order valence-electron chi connectivity index (χ4n) is 3.37. The molecular weight excluding hydrogens is 388 g/mol. The number of carbonyl (C=O) groups is 2. The third kappa shape index (κ3) is 3.85. The van der Waals surface area contributed by atoms with Crippen molar-refractivity contribution in [3.8, 4) is 5.82 Å². The number of rotatable bonds is 6. The number of aromatic nitrogens is 3. The predicted octanol–water partition coefficient (Wildman–Crippen LogP) is 3.78. The summed E-state index contributed by atoms with van der Waals surface area (Å²) in [7, 11) is 0. The molecule has 3 rings (SSSR count). The fourth-order valence-corrected chi connectivity index (χ4v) is 4.40. The van der Waals surface area contributed by atoms with E-state index in [2.05, 4.69) is 10.1 Å². The van der Waals surface area contributed by atoms with E-state index in [0.717, 1.165) is 28.2 Å². The number of hydrogen-bond donors (Lipinski definition) is 1. The molecule has 0 aliphatic heterocycles. The van der Waals surface area contributed by atoms with E-state index in [-0.39, 0.29) is 11.5 Å². The molecular formula is C21H24N4O3S. The minimum absolute atomic E-state index is 0.0531. The fraction of sp³-hybridized carbons (Fsp3) is 0.333. The Bertz CT molecular complexity index is 1130. The highest BCUT2D eigenvalue weighted by atomic mass is 32.2. The normalized spacial score (nSPS) is 11.1. The number of hydrogen-bond acceptors (Lipinski definition) is 6. The molecule has 1 amide bonds. The number of aryl methyl sites for hydroxylation is 3. The molecule has 29 heavy (non-hydrogen) atoms. The Morgan fingerprint density at radius 1 is 1.10 bits per heavy atom. The van der Waals surface area contributed by atoms with Gasteiger partial charge in [0.15, 0.2) is 11.6 Å². The molecule has 0 aliphatic carbocycles. The first-order chi connectivity index (χ1) is 13.6. The molecule has 0 bridgehead atoms. The summed E-state index contributed by atoms with van der Waals surface area (Å²) >= 11 is 1.23. The summed E-state index contributed by atoms with van der Waals surface area (Å²) < 4.78 is 7.05. The van der Waals surface area contributed by atoms with E-state index in [9.17, 15) is 9.59 Å². The lowest BCUT2D eigenvalue weighted by Crippen LogP contribution is -2.17. The number of pyridine rings is 1. The van der Waals surface area contributed by atoms with Crippen LogP contribution < -0.4 is 5.73 Å². The average Bonchev–Trinajstić information content (AvgIpc) is 3.19. The molecule has 3 heterocycles. The van der Waals surface area contributed by atoms with Crippen molar-refractivity contribution in [3.05, 3.63) is 57.2 Å². The number of amides is 1. The van der Waals surface area contributed by atoms with Crippen LogP contribution in [0.25, 0.3) is 5.82 Å². The van der Waals surface area contributed by atoms with E-state index in [1.807, 2.05) is 58.2 Å². The summed E-state index contributed by atoms with van der Waals surface area (Å²) in [6.45, 7) is 11.3. The molecule has 0 aliphatic rings. The van der Waals surface area contributed by atoms with E-state index < -0.39 is 5.91 Å². The van der Waals surface area contributed by atoms with Gasteiger partial charge in [-0.2, -0.15) is 0 Å². The maximum absolute atomic E-state index is 12.9. The minimum Gasteiger partial charge on any atom is -0.366 e. The Morgan fingerprint density at radius 3 is 2.38 bits per heavy atom. The molecule has 7 nitrogen and oxygen atoms in total. The number of ketones is 1. The first-order valence-corrected chi connectivity index (χ1v) is 10.2. The second-order valence-corrected chi connectivity index (χ2v) is 8.08. The van der Waals surface area contributed by atoms with Crippen molar-refractivity contribution in [2.75, 3.05) is 5.75 Å². The number of thioether (sulfide) groups is 1. The highest BCUT2D eigenvalue weighted by Crippen LogP contribution is 2.28. The Hall–Kier alpha value is -2.87. The number of nitrogens with zero attached hydrogens (tertiary/aromatic N) is 3. The summed E-state index contributed by atoms with van der Waals surface area (Å²) in [5.74, 6) is 0.908. The van der Waals surface area contributed by atoms with Crippen molar-refractivity contribution >= 4 is 23.5 Å². The third-order valence-electron chi connectivity index (χ3n) is 5.13. The van der Waals surface area contributed by atoms with Gasteiger partial charge in [-0.1, -0.05) is 16.9 Å². The summed E-state index contributed by atoms with van der Waals surface area (Å²) in [6, 6.07) is 3.67. The van der Waals surface area contributed by atoms with Crippen LogP contribution in [-0.4, -0.2) is 32.2 Å². The van der Waals surface area contributed by atoms with Gasteiger partial charge < -0.3 is 10.3 Å². The predicted molar refractivity (Wildman–Crippen MR) is 112 cm³/mol. The monoisotopic (exact) mass is 412 g/mol. The number of Topliss-reactive ketones (excluding diaryl/α,β-unsaturated/α-hetero) is 1. The Kier molecular flexibility index (Phi) is 5.66. The van der Waals surface area contributed by atoms with Crippen LogP contribution in [-0.2, 0) is 0 Å². The molecule has 0 radical (unpaired) electrons. The van der Waals surface area contributed by atoms with Gasteiger partial charge in [0.2, 0.25) is 0 Å². The van der Waals surface area contributed by atoms with E-state index >= 15 is 0 Å². The topological polar surface area (TPSA) is 104 Å². The van der Waals surface area contributed by atoms with Gasteiger partial charge in [0, 0.05) is 28.7 Å². The van der Waals surface area contributed by atoms with Gasteiger partial charge in [-0.05, 0) is 58.7 Å². The zero-order valence-corrected chi connectivity index (χ0v) is 18.2. The number of nitrogens with two attached hydrogens (primary N) is 1. The second kappa shape index (κ2) is 7.87. The summed E-state index contributed by atoms with van der Waals surface area (Å²) in [5, 5.41) is 4.54. The Balaban J connectivity index is 1.89. The van der Waals surface area contributed by atoms with Crippen LogP contribution in [0.2, 0.25) is 0 Å². The molecule has 0 saturated heterocycles. The standard InChI is InChI=1S/C21H24N4O3S/c1-10-7-16(15(6)25(10)18-8-11(2)28-24-18)17(26)9-29-21-19(20(22)27)13(4)12(3)14(5)23-21/h7-8H,9H2,1-6H3,(H2,22,27). The Morgan fingerprint density at radius 2 is 1.79 bits per heavy atom. The quantitative estimate of drug-likeness (QED) is 0.488. The molecule has 3 aromatic heterocycles.